The Morgan fingerprint density at radius 1 is 0.926 bits per heavy atom. The van der Waals surface area contributed by atoms with E-state index < -0.39 is 24.5 Å². The van der Waals surface area contributed by atoms with Crippen LogP contribution in [0.15, 0.2) is 48.5 Å². The van der Waals surface area contributed by atoms with Gasteiger partial charge < -0.3 is 14.8 Å². The average molecular weight is 377 g/mol. The molecule has 0 aromatic heterocycles. The second-order valence-corrected chi connectivity index (χ2v) is 5.57. The number of Topliss-reactive ketones (excluding diaryl/α,β-unsaturated/α-hetero) is 1. The Bertz CT molecular complexity index is 819. The molecule has 0 bridgehead atoms. The number of carbonyl (C=O) groups is 3. The van der Waals surface area contributed by atoms with Crippen LogP contribution in [0.5, 0.6) is 5.75 Å². The molecule has 1 N–H and O–H groups in total. The number of alkyl halides is 2. The lowest BCUT2D eigenvalue weighted by atomic mass is 10.1. The molecule has 142 valence electrons. The third-order valence-corrected chi connectivity index (χ3v) is 3.46. The van der Waals surface area contributed by atoms with Crippen molar-refractivity contribution in [2.45, 2.75) is 26.6 Å². The number of esters is 1. The quantitative estimate of drug-likeness (QED) is 0.588. The second-order valence-electron chi connectivity index (χ2n) is 5.57. The van der Waals surface area contributed by atoms with E-state index in [1.54, 1.807) is 0 Å². The van der Waals surface area contributed by atoms with Crippen molar-refractivity contribution in [3.63, 3.8) is 0 Å². The molecule has 0 radical (unpaired) electrons. The fourth-order valence-corrected chi connectivity index (χ4v) is 2.21. The first kappa shape index (κ1) is 20.0. The number of anilines is 1. The molecule has 0 spiro atoms. The standard InChI is InChI=1S/C19H17F2NO5/c1-11(17(24)13-5-9-16(10-6-13)27-19(20)21)26-18(25)14-3-7-15(8-4-14)22-12(2)23/h3-11,19H,1-2H3,(H,22,23)/t11-/m0/s1. The third-order valence-electron chi connectivity index (χ3n) is 3.46. The SMILES string of the molecule is CC(=O)Nc1ccc(C(=O)O[C@@H](C)C(=O)c2ccc(OC(F)F)cc2)cc1. The van der Waals surface area contributed by atoms with Gasteiger partial charge in [-0.1, -0.05) is 0 Å². The Balaban J connectivity index is 1.98. The first-order valence-electron chi connectivity index (χ1n) is 7.94. The van der Waals surface area contributed by atoms with Crippen molar-refractivity contribution < 1.29 is 32.6 Å². The molecule has 0 saturated heterocycles. The molecule has 8 heteroatoms. The lowest BCUT2D eigenvalue weighted by Crippen LogP contribution is -2.24. The van der Waals surface area contributed by atoms with Crippen LogP contribution in [0.4, 0.5) is 14.5 Å². The first-order valence-corrected chi connectivity index (χ1v) is 7.94. The molecule has 27 heavy (non-hydrogen) atoms. The van der Waals surface area contributed by atoms with Gasteiger partial charge in [0.25, 0.3) is 0 Å². The number of ketones is 1. The van der Waals surface area contributed by atoms with Gasteiger partial charge in [0.15, 0.2) is 6.10 Å². The Kier molecular flexibility index (Phi) is 6.59. The number of amides is 1. The highest BCUT2D eigenvalue weighted by Gasteiger charge is 2.20. The molecule has 1 amide bonds. The minimum Gasteiger partial charge on any atom is -0.451 e. The van der Waals surface area contributed by atoms with Gasteiger partial charge in [0.05, 0.1) is 5.56 Å². The smallest absolute Gasteiger partial charge is 0.387 e. The van der Waals surface area contributed by atoms with Crippen molar-refractivity contribution in [1.82, 2.24) is 0 Å². The molecule has 1 atom stereocenters. The zero-order valence-electron chi connectivity index (χ0n) is 14.6. The number of hydrogen-bond acceptors (Lipinski definition) is 5. The minimum atomic E-state index is -2.96. The predicted molar refractivity (Wildman–Crippen MR) is 93.0 cm³/mol. The highest BCUT2D eigenvalue weighted by molar-refractivity contribution is 6.01. The Morgan fingerprint density at radius 2 is 1.48 bits per heavy atom. The van der Waals surface area contributed by atoms with Gasteiger partial charge in [0.1, 0.15) is 5.75 Å². The Morgan fingerprint density at radius 3 is 2.00 bits per heavy atom. The van der Waals surface area contributed by atoms with E-state index in [0.29, 0.717) is 5.69 Å². The average Bonchev–Trinajstić information content (AvgIpc) is 2.61. The van der Waals surface area contributed by atoms with Crippen LogP contribution in [0.1, 0.15) is 34.6 Å². The molecule has 0 fully saturated rings. The molecule has 0 heterocycles. The molecule has 2 rings (SSSR count). The van der Waals surface area contributed by atoms with Gasteiger partial charge in [-0.15, -0.1) is 0 Å². The maximum atomic E-state index is 12.3. The van der Waals surface area contributed by atoms with Gasteiger partial charge in [-0.05, 0) is 55.5 Å². The first-order chi connectivity index (χ1) is 12.8. The van der Waals surface area contributed by atoms with Crippen molar-refractivity contribution in [3.05, 3.63) is 59.7 Å². The van der Waals surface area contributed by atoms with E-state index in [-0.39, 0.29) is 22.8 Å². The van der Waals surface area contributed by atoms with E-state index in [2.05, 4.69) is 10.1 Å². The molecule has 0 aliphatic carbocycles. The maximum absolute atomic E-state index is 12.3. The number of benzene rings is 2. The molecule has 2 aromatic rings. The lowest BCUT2D eigenvalue weighted by molar-refractivity contribution is -0.114. The normalized spacial score (nSPS) is 11.6. The number of carbonyl (C=O) groups excluding carboxylic acids is 3. The summed E-state index contributed by atoms with van der Waals surface area (Å²) >= 11 is 0. The molecule has 0 aliphatic rings. The molecule has 0 aliphatic heterocycles. The third kappa shape index (κ3) is 5.88. The highest BCUT2D eigenvalue weighted by atomic mass is 19.3. The molecule has 6 nitrogen and oxygen atoms in total. The maximum Gasteiger partial charge on any atom is 0.387 e. The zero-order chi connectivity index (χ0) is 20.0. The highest BCUT2D eigenvalue weighted by Crippen LogP contribution is 2.17. The number of ether oxygens (including phenoxy) is 2. The van der Waals surface area contributed by atoms with E-state index in [1.807, 2.05) is 0 Å². The van der Waals surface area contributed by atoms with Crippen LogP contribution in [0.25, 0.3) is 0 Å². The van der Waals surface area contributed by atoms with Crippen molar-refractivity contribution >= 4 is 23.3 Å². The van der Waals surface area contributed by atoms with Crippen LogP contribution in [0.2, 0.25) is 0 Å². The summed E-state index contributed by atoms with van der Waals surface area (Å²) in [4.78, 5) is 35.4. The molecule has 0 saturated carbocycles. The summed E-state index contributed by atoms with van der Waals surface area (Å²) in [7, 11) is 0. The van der Waals surface area contributed by atoms with Gasteiger partial charge in [-0.25, -0.2) is 4.79 Å². The summed E-state index contributed by atoms with van der Waals surface area (Å²) in [6.45, 7) is -0.180. The van der Waals surface area contributed by atoms with E-state index in [9.17, 15) is 23.2 Å². The molecular weight excluding hydrogens is 360 g/mol. The fraction of sp³-hybridized carbons (Fsp3) is 0.211. The van der Waals surface area contributed by atoms with Crippen molar-refractivity contribution in [1.29, 1.82) is 0 Å². The molecule has 0 unspecified atom stereocenters. The van der Waals surface area contributed by atoms with Gasteiger partial charge in [-0.3, -0.25) is 9.59 Å². The fourth-order valence-electron chi connectivity index (χ4n) is 2.21. The summed E-state index contributed by atoms with van der Waals surface area (Å²) < 4.78 is 33.6. The summed E-state index contributed by atoms with van der Waals surface area (Å²) in [5.41, 5.74) is 0.927. The Labute approximate surface area is 154 Å². The van der Waals surface area contributed by atoms with Crippen molar-refractivity contribution in [2.24, 2.45) is 0 Å². The van der Waals surface area contributed by atoms with Crippen LogP contribution < -0.4 is 10.1 Å². The van der Waals surface area contributed by atoms with Crippen LogP contribution in [0.3, 0.4) is 0 Å². The number of halogens is 2. The topological polar surface area (TPSA) is 81.7 Å². The van der Waals surface area contributed by atoms with Gasteiger partial charge in [-0.2, -0.15) is 8.78 Å². The monoisotopic (exact) mass is 377 g/mol. The summed E-state index contributed by atoms with van der Waals surface area (Å²) in [5, 5.41) is 2.57. The predicted octanol–water partition coefficient (Wildman–Crippen LogP) is 3.67. The summed E-state index contributed by atoms with van der Waals surface area (Å²) in [6, 6.07) is 11.1. The van der Waals surface area contributed by atoms with Crippen LogP contribution in [-0.2, 0) is 9.53 Å². The number of hydrogen-bond donors (Lipinski definition) is 1. The van der Waals surface area contributed by atoms with E-state index >= 15 is 0 Å². The number of nitrogens with one attached hydrogen (secondary N) is 1. The second kappa shape index (κ2) is 8.88. The van der Waals surface area contributed by atoms with Crippen molar-refractivity contribution in [2.75, 3.05) is 5.32 Å². The van der Waals surface area contributed by atoms with Gasteiger partial charge in [0, 0.05) is 18.2 Å². The Hall–Kier alpha value is -3.29. The summed E-state index contributed by atoms with van der Waals surface area (Å²) in [5.74, 6) is -1.51. The van der Waals surface area contributed by atoms with Crippen LogP contribution >= 0.6 is 0 Å². The van der Waals surface area contributed by atoms with Gasteiger partial charge >= 0.3 is 12.6 Å². The van der Waals surface area contributed by atoms with E-state index in [0.717, 1.165) is 0 Å². The van der Waals surface area contributed by atoms with Crippen LogP contribution in [-0.4, -0.2) is 30.4 Å². The largest absolute Gasteiger partial charge is 0.451 e. The molecular formula is C19H17F2NO5. The lowest BCUT2D eigenvalue weighted by Gasteiger charge is -2.13. The van der Waals surface area contributed by atoms with E-state index in [1.165, 1.54) is 62.4 Å². The molecule has 2 aromatic carbocycles. The van der Waals surface area contributed by atoms with Crippen LogP contribution in [0, 0.1) is 0 Å². The van der Waals surface area contributed by atoms with E-state index in [4.69, 9.17) is 4.74 Å². The minimum absolute atomic E-state index is 0.0783. The van der Waals surface area contributed by atoms with Crippen molar-refractivity contribution in [3.8, 4) is 5.75 Å². The zero-order valence-corrected chi connectivity index (χ0v) is 14.6. The number of rotatable bonds is 7. The van der Waals surface area contributed by atoms with Gasteiger partial charge in [0.2, 0.25) is 11.7 Å². The summed E-state index contributed by atoms with van der Waals surface area (Å²) in [6.07, 6.45) is -1.07.